The second kappa shape index (κ2) is 7.59. The van der Waals surface area contributed by atoms with Crippen molar-refractivity contribution < 1.29 is 14.4 Å². The highest BCUT2D eigenvalue weighted by Gasteiger charge is 2.21. The van der Waals surface area contributed by atoms with E-state index in [9.17, 15) is 9.90 Å². The first-order valence-electron chi connectivity index (χ1n) is 9.00. The summed E-state index contributed by atoms with van der Waals surface area (Å²) in [5, 5.41) is 23.6. The molecule has 1 amide bonds. The molecule has 142 valence electrons. The van der Waals surface area contributed by atoms with E-state index in [-0.39, 0.29) is 23.1 Å². The van der Waals surface area contributed by atoms with Crippen LogP contribution in [0.3, 0.4) is 0 Å². The number of aliphatic hydroxyl groups is 1. The Kier molecular flexibility index (Phi) is 5.43. The number of piperidine rings is 1. The van der Waals surface area contributed by atoms with Crippen molar-refractivity contribution in [2.45, 2.75) is 58.2 Å². The van der Waals surface area contributed by atoms with Crippen LogP contribution in [0.4, 0.5) is 0 Å². The first kappa shape index (κ1) is 18.6. The minimum atomic E-state index is -0.290. The summed E-state index contributed by atoms with van der Waals surface area (Å²) in [4.78, 5) is 14.4. The SMILES string of the molecule is CC(C)(C)c1cc(CNC(=O)c2cc(CN3CCCC(O)C3)on2)[nH]n1. The van der Waals surface area contributed by atoms with Gasteiger partial charge in [0.15, 0.2) is 11.5 Å². The number of rotatable bonds is 5. The van der Waals surface area contributed by atoms with Gasteiger partial charge in [-0.3, -0.25) is 14.8 Å². The zero-order valence-corrected chi connectivity index (χ0v) is 15.6. The molecule has 0 radical (unpaired) electrons. The highest BCUT2D eigenvalue weighted by atomic mass is 16.5. The number of aliphatic hydroxyl groups excluding tert-OH is 1. The molecule has 26 heavy (non-hydrogen) atoms. The standard InChI is InChI=1S/C18H27N5O3/c1-18(2,3)16-7-12(20-21-16)9-19-17(25)15-8-14(26-22-15)11-23-6-4-5-13(24)10-23/h7-8,13,24H,4-6,9-11H2,1-3H3,(H,19,25)(H,20,21). The van der Waals surface area contributed by atoms with E-state index in [4.69, 9.17) is 4.52 Å². The fourth-order valence-electron chi connectivity index (χ4n) is 2.99. The van der Waals surface area contributed by atoms with E-state index >= 15 is 0 Å². The molecule has 0 saturated carbocycles. The van der Waals surface area contributed by atoms with Crippen LogP contribution in [0, 0.1) is 0 Å². The van der Waals surface area contributed by atoms with Gasteiger partial charge in [-0.05, 0) is 25.5 Å². The number of likely N-dealkylation sites (tertiary alicyclic amines) is 1. The van der Waals surface area contributed by atoms with Crippen molar-refractivity contribution in [2.75, 3.05) is 13.1 Å². The Morgan fingerprint density at radius 3 is 2.96 bits per heavy atom. The van der Waals surface area contributed by atoms with Crippen molar-refractivity contribution in [2.24, 2.45) is 0 Å². The predicted molar refractivity (Wildman–Crippen MR) is 95.5 cm³/mol. The van der Waals surface area contributed by atoms with Crippen molar-refractivity contribution >= 4 is 5.91 Å². The lowest BCUT2D eigenvalue weighted by atomic mass is 9.92. The van der Waals surface area contributed by atoms with Crippen LogP contribution >= 0.6 is 0 Å². The van der Waals surface area contributed by atoms with Crippen molar-refractivity contribution in [1.29, 1.82) is 0 Å². The van der Waals surface area contributed by atoms with Gasteiger partial charge in [0.2, 0.25) is 0 Å². The van der Waals surface area contributed by atoms with Crippen LogP contribution in [-0.2, 0) is 18.5 Å². The second-order valence-electron chi connectivity index (χ2n) is 7.92. The maximum Gasteiger partial charge on any atom is 0.273 e. The molecule has 0 aromatic carbocycles. The van der Waals surface area contributed by atoms with Crippen LogP contribution in [0.15, 0.2) is 16.7 Å². The monoisotopic (exact) mass is 361 g/mol. The molecule has 0 spiro atoms. The molecule has 8 heteroatoms. The molecular weight excluding hydrogens is 334 g/mol. The van der Waals surface area contributed by atoms with E-state index in [0.717, 1.165) is 30.8 Å². The van der Waals surface area contributed by atoms with Gasteiger partial charge < -0.3 is 14.9 Å². The third-order valence-corrected chi connectivity index (χ3v) is 4.49. The van der Waals surface area contributed by atoms with E-state index < -0.39 is 0 Å². The molecule has 3 rings (SSSR count). The molecule has 2 aromatic rings. The smallest absolute Gasteiger partial charge is 0.273 e. The zero-order chi connectivity index (χ0) is 18.7. The summed E-state index contributed by atoms with van der Waals surface area (Å²) in [5.41, 5.74) is 2.01. The minimum absolute atomic E-state index is 0.0399. The topological polar surface area (TPSA) is 107 Å². The van der Waals surface area contributed by atoms with Gasteiger partial charge in [0.25, 0.3) is 5.91 Å². The summed E-state index contributed by atoms with van der Waals surface area (Å²) in [6.45, 7) is 8.69. The average molecular weight is 361 g/mol. The van der Waals surface area contributed by atoms with E-state index in [1.165, 1.54) is 0 Å². The first-order valence-corrected chi connectivity index (χ1v) is 9.00. The molecule has 1 aliphatic heterocycles. The number of hydrogen-bond donors (Lipinski definition) is 3. The third-order valence-electron chi connectivity index (χ3n) is 4.49. The van der Waals surface area contributed by atoms with Crippen LogP contribution in [0.1, 0.15) is 61.2 Å². The third kappa shape index (κ3) is 4.70. The molecule has 3 heterocycles. The molecule has 0 aliphatic carbocycles. The number of amides is 1. The highest BCUT2D eigenvalue weighted by Crippen LogP contribution is 2.20. The van der Waals surface area contributed by atoms with Gasteiger partial charge in [0.1, 0.15) is 0 Å². The maximum absolute atomic E-state index is 12.3. The first-order chi connectivity index (χ1) is 12.3. The Morgan fingerprint density at radius 1 is 1.46 bits per heavy atom. The van der Waals surface area contributed by atoms with E-state index in [0.29, 0.717) is 25.4 Å². The van der Waals surface area contributed by atoms with Gasteiger partial charge in [-0.15, -0.1) is 0 Å². The molecular formula is C18H27N5O3. The molecule has 0 bridgehead atoms. The van der Waals surface area contributed by atoms with Gasteiger partial charge in [-0.2, -0.15) is 5.10 Å². The Morgan fingerprint density at radius 2 is 2.27 bits per heavy atom. The van der Waals surface area contributed by atoms with Gasteiger partial charge in [0, 0.05) is 18.0 Å². The van der Waals surface area contributed by atoms with E-state index in [2.05, 4.69) is 46.3 Å². The van der Waals surface area contributed by atoms with E-state index in [1.807, 2.05) is 6.07 Å². The lowest BCUT2D eigenvalue weighted by Crippen LogP contribution is -2.37. The number of aromatic amines is 1. The number of nitrogens with zero attached hydrogens (tertiary/aromatic N) is 3. The fourth-order valence-corrected chi connectivity index (χ4v) is 2.99. The largest absolute Gasteiger partial charge is 0.392 e. The molecule has 2 aromatic heterocycles. The number of β-amino-alcohol motifs (C(OH)–C–C–N with tert-alkyl or cyclic N) is 1. The summed E-state index contributed by atoms with van der Waals surface area (Å²) in [5.74, 6) is 0.339. The normalized spacial score (nSPS) is 18.8. The van der Waals surface area contributed by atoms with Crippen molar-refractivity contribution in [3.63, 3.8) is 0 Å². The van der Waals surface area contributed by atoms with Crippen LogP contribution in [0.5, 0.6) is 0 Å². The second-order valence-corrected chi connectivity index (χ2v) is 7.92. The molecule has 8 nitrogen and oxygen atoms in total. The molecule has 3 N–H and O–H groups in total. The number of nitrogens with one attached hydrogen (secondary N) is 2. The van der Waals surface area contributed by atoms with Crippen LogP contribution < -0.4 is 5.32 Å². The van der Waals surface area contributed by atoms with Gasteiger partial charge in [-0.1, -0.05) is 25.9 Å². The number of aromatic nitrogens is 3. The number of hydrogen-bond acceptors (Lipinski definition) is 6. The van der Waals surface area contributed by atoms with Crippen molar-refractivity contribution in [3.05, 3.63) is 35.0 Å². The van der Waals surface area contributed by atoms with Gasteiger partial charge >= 0.3 is 0 Å². The molecule has 1 unspecified atom stereocenters. The average Bonchev–Trinajstić information content (AvgIpc) is 3.21. The molecule has 1 saturated heterocycles. The summed E-state index contributed by atoms with van der Waals surface area (Å²) in [7, 11) is 0. The minimum Gasteiger partial charge on any atom is -0.392 e. The maximum atomic E-state index is 12.3. The zero-order valence-electron chi connectivity index (χ0n) is 15.6. The lowest BCUT2D eigenvalue weighted by molar-refractivity contribution is 0.0622. The van der Waals surface area contributed by atoms with Gasteiger partial charge in [-0.25, -0.2) is 0 Å². The van der Waals surface area contributed by atoms with Crippen molar-refractivity contribution in [1.82, 2.24) is 25.6 Å². The summed E-state index contributed by atoms with van der Waals surface area (Å²) in [6.07, 6.45) is 1.51. The van der Waals surface area contributed by atoms with E-state index in [1.54, 1.807) is 6.07 Å². The molecule has 1 fully saturated rings. The van der Waals surface area contributed by atoms with Gasteiger partial charge in [0.05, 0.1) is 30.6 Å². The van der Waals surface area contributed by atoms with Crippen LogP contribution in [0.2, 0.25) is 0 Å². The summed E-state index contributed by atoms with van der Waals surface area (Å²) < 4.78 is 5.27. The molecule has 1 atom stereocenters. The number of carbonyl (C=O) groups is 1. The fraction of sp³-hybridized carbons (Fsp3) is 0.611. The Balaban J connectivity index is 1.52. The summed E-state index contributed by atoms with van der Waals surface area (Å²) in [6, 6.07) is 3.61. The van der Waals surface area contributed by atoms with Crippen LogP contribution in [-0.4, -0.2) is 50.5 Å². The quantitative estimate of drug-likeness (QED) is 0.746. The predicted octanol–water partition coefficient (Wildman–Crippen LogP) is 1.58. The number of H-pyrrole nitrogens is 1. The number of carbonyl (C=O) groups excluding carboxylic acids is 1. The Labute approximate surface area is 152 Å². The Bertz CT molecular complexity index is 746. The highest BCUT2D eigenvalue weighted by molar-refractivity contribution is 5.92. The molecule has 1 aliphatic rings. The van der Waals surface area contributed by atoms with Crippen molar-refractivity contribution in [3.8, 4) is 0 Å². The van der Waals surface area contributed by atoms with Crippen LogP contribution in [0.25, 0.3) is 0 Å². The summed E-state index contributed by atoms with van der Waals surface area (Å²) >= 11 is 0. The Hall–Kier alpha value is -2.19. The lowest BCUT2D eigenvalue weighted by Gasteiger charge is -2.28.